The highest BCUT2D eigenvalue weighted by atomic mass is 16.5. The molecule has 6 heteroatoms. The Kier molecular flexibility index (Phi) is 6.46. The van der Waals surface area contributed by atoms with Crippen molar-refractivity contribution in [2.24, 2.45) is 11.8 Å². The first-order valence-corrected chi connectivity index (χ1v) is 8.18. The molecule has 0 aliphatic heterocycles. The molecule has 1 aliphatic carbocycles. The number of amides is 1. The van der Waals surface area contributed by atoms with Crippen LogP contribution in [0.15, 0.2) is 24.3 Å². The number of hydrogen-bond acceptors (Lipinski definition) is 5. The van der Waals surface area contributed by atoms with Crippen molar-refractivity contribution in [2.45, 2.75) is 19.8 Å². The predicted octanol–water partition coefficient (Wildman–Crippen LogP) is 2.12. The van der Waals surface area contributed by atoms with Crippen LogP contribution >= 0.6 is 0 Å². The maximum Gasteiger partial charge on any atom is 0.310 e. The van der Waals surface area contributed by atoms with Crippen LogP contribution in [0.4, 0.5) is 0 Å². The Bertz CT molecular complexity index is 553. The summed E-state index contributed by atoms with van der Waals surface area (Å²) < 4.78 is 15.5. The van der Waals surface area contributed by atoms with Crippen LogP contribution in [0.3, 0.4) is 0 Å². The third-order valence-corrected chi connectivity index (χ3v) is 4.03. The predicted molar refractivity (Wildman–Crippen MR) is 89.0 cm³/mol. The maximum atomic E-state index is 12.4. The zero-order valence-electron chi connectivity index (χ0n) is 14.5. The number of carbonyl (C=O) groups is 2. The fourth-order valence-corrected chi connectivity index (χ4v) is 2.43. The first kappa shape index (κ1) is 18.1. The van der Waals surface area contributed by atoms with E-state index in [1.54, 1.807) is 18.9 Å². The summed E-state index contributed by atoms with van der Waals surface area (Å²) >= 11 is 0. The number of ether oxygens (including phenoxy) is 3. The van der Waals surface area contributed by atoms with E-state index in [-0.39, 0.29) is 23.7 Å². The van der Waals surface area contributed by atoms with Gasteiger partial charge < -0.3 is 19.1 Å². The van der Waals surface area contributed by atoms with E-state index < -0.39 is 0 Å². The van der Waals surface area contributed by atoms with E-state index in [0.717, 1.165) is 24.3 Å². The van der Waals surface area contributed by atoms with Crippen molar-refractivity contribution in [2.75, 3.05) is 33.9 Å². The molecule has 1 atom stereocenters. The zero-order chi connectivity index (χ0) is 17.5. The Morgan fingerprint density at radius 3 is 2.33 bits per heavy atom. The van der Waals surface area contributed by atoms with Crippen LogP contribution in [0.25, 0.3) is 0 Å². The fraction of sp³-hybridized carbons (Fsp3) is 0.556. The van der Waals surface area contributed by atoms with Crippen molar-refractivity contribution < 1.29 is 23.8 Å². The van der Waals surface area contributed by atoms with E-state index in [9.17, 15) is 9.59 Å². The second-order valence-corrected chi connectivity index (χ2v) is 6.01. The minimum absolute atomic E-state index is 0.101. The van der Waals surface area contributed by atoms with Gasteiger partial charge in [-0.25, -0.2) is 0 Å². The smallest absolute Gasteiger partial charge is 0.310 e. The Morgan fingerprint density at radius 2 is 1.79 bits per heavy atom. The van der Waals surface area contributed by atoms with Crippen LogP contribution in [0.2, 0.25) is 0 Å². The monoisotopic (exact) mass is 335 g/mol. The molecular formula is C18H25NO5. The van der Waals surface area contributed by atoms with Gasteiger partial charge in [0.1, 0.15) is 18.1 Å². The van der Waals surface area contributed by atoms with Gasteiger partial charge in [-0.1, -0.05) is 6.92 Å². The summed E-state index contributed by atoms with van der Waals surface area (Å²) in [6.45, 7) is 2.94. The Morgan fingerprint density at radius 1 is 1.17 bits per heavy atom. The molecule has 1 aromatic carbocycles. The number of hydrogen-bond donors (Lipinski definition) is 0. The fourth-order valence-electron chi connectivity index (χ4n) is 2.43. The summed E-state index contributed by atoms with van der Waals surface area (Å²) in [4.78, 5) is 25.7. The molecule has 132 valence electrons. The summed E-state index contributed by atoms with van der Waals surface area (Å²) in [5.74, 6) is 1.04. The number of benzene rings is 1. The highest BCUT2D eigenvalue weighted by Gasteiger charge is 2.34. The molecule has 0 spiro atoms. The number of esters is 1. The van der Waals surface area contributed by atoms with E-state index in [1.165, 1.54) is 7.11 Å². The van der Waals surface area contributed by atoms with Gasteiger partial charge in [-0.3, -0.25) is 9.59 Å². The highest BCUT2D eigenvalue weighted by Crippen LogP contribution is 2.31. The summed E-state index contributed by atoms with van der Waals surface area (Å²) in [5.41, 5.74) is 0. The second kappa shape index (κ2) is 8.57. The molecule has 1 saturated carbocycles. The van der Waals surface area contributed by atoms with Crippen LogP contribution in [-0.4, -0.2) is 50.7 Å². The molecule has 1 aliphatic rings. The van der Waals surface area contributed by atoms with Gasteiger partial charge in [0.15, 0.2) is 0 Å². The SMILES string of the molecule is COC(=O)C(C)CN(CCOc1ccc(OC)cc1)C(=O)C1CC1. The molecule has 24 heavy (non-hydrogen) atoms. The quantitative estimate of drug-likeness (QED) is 0.647. The molecule has 0 saturated heterocycles. The molecule has 6 nitrogen and oxygen atoms in total. The molecule has 1 unspecified atom stereocenters. The molecule has 1 fully saturated rings. The minimum Gasteiger partial charge on any atom is -0.497 e. The standard InChI is InChI=1S/C18H25NO5/c1-13(18(21)23-3)12-19(17(20)14-4-5-14)10-11-24-16-8-6-15(22-2)7-9-16/h6-9,13-14H,4-5,10-12H2,1-3H3. The van der Waals surface area contributed by atoms with Gasteiger partial charge in [-0.2, -0.15) is 0 Å². The van der Waals surface area contributed by atoms with Gasteiger partial charge in [0.2, 0.25) is 5.91 Å². The lowest BCUT2D eigenvalue weighted by Gasteiger charge is -2.25. The number of nitrogens with zero attached hydrogens (tertiary/aromatic N) is 1. The molecule has 0 heterocycles. The molecule has 2 rings (SSSR count). The number of rotatable bonds is 9. The van der Waals surface area contributed by atoms with Crippen molar-refractivity contribution in [1.82, 2.24) is 4.90 Å². The van der Waals surface area contributed by atoms with E-state index in [4.69, 9.17) is 14.2 Å². The van der Waals surface area contributed by atoms with Crippen LogP contribution in [0.1, 0.15) is 19.8 Å². The van der Waals surface area contributed by atoms with E-state index in [2.05, 4.69) is 0 Å². The minimum atomic E-state index is -0.348. The van der Waals surface area contributed by atoms with Crippen molar-refractivity contribution in [3.63, 3.8) is 0 Å². The van der Waals surface area contributed by atoms with Crippen LogP contribution in [-0.2, 0) is 14.3 Å². The van der Waals surface area contributed by atoms with Gasteiger partial charge in [0.05, 0.1) is 26.7 Å². The van der Waals surface area contributed by atoms with Gasteiger partial charge in [-0.15, -0.1) is 0 Å². The van der Waals surface area contributed by atoms with Crippen LogP contribution in [0, 0.1) is 11.8 Å². The molecule has 1 aromatic rings. The lowest BCUT2D eigenvalue weighted by atomic mass is 10.1. The van der Waals surface area contributed by atoms with Gasteiger partial charge in [0, 0.05) is 12.5 Å². The second-order valence-electron chi connectivity index (χ2n) is 6.01. The lowest BCUT2D eigenvalue weighted by molar-refractivity contribution is -0.146. The van der Waals surface area contributed by atoms with Crippen molar-refractivity contribution in [1.29, 1.82) is 0 Å². The van der Waals surface area contributed by atoms with Gasteiger partial charge >= 0.3 is 5.97 Å². The Labute approximate surface area is 142 Å². The molecule has 0 bridgehead atoms. The summed E-state index contributed by atoms with van der Waals surface area (Å²) in [7, 11) is 2.97. The third kappa shape index (κ3) is 5.15. The summed E-state index contributed by atoms with van der Waals surface area (Å²) in [5, 5.41) is 0. The Hall–Kier alpha value is -2.24. The largest absolute Gasteiger partial charge is 0.497 e. The molecule has 0 N–H and O–H groups in total. The first-order valence-electron chi connectivity index (χ1n) is 8.18. The first-order chi connectivity index (χ1) is 11.5. The van der Waals surface area contributed by atoms with Crippen molar-refractivity contribution >= 4 is 11.9 Å². The van der Waals surface area contributed by atoms with Crippen molar-refractivity contribution in [3.8, 4) is 11.5 Å². The summed E-state index contributed by atoms with van der Waals surface area (Å²) in [6, 6.07) is 7.29. The normalized spacial score (nSPS) is 14.6. The molecule has 0 radical (unpaired) electrons. The number of carbonyl (C=O) groups excluding carboxylic acids is 2. The van der Waals surface area contributed by atoms with Crippen LogP contribution in [0.5, 0.6) is 11.5 Å². The third-order valence-electron chi connectivity index (χ3n) is 4.03. The average Bonchev–Trinajstić information content (AvgIpc) is 3.45. The van der Waals surface area contributed by atoms with E-state index in [1.807, 2.05) is 24.3 Å². The Balaban J connectivity index is 1.87. The molecule has 1 amide bonds. The van der Waals surface area contributed by atoms with Gasteiger partial charge in [0.25, 0.3) is 0 Å². The average molecular weight is 335 g/mol. The topological polar surface area (TPSA) is 65.1 Å². The van der Waals surface area contributed by atoms with Gasteiger partial charge in [-0.05, 0) is 37.1 Å². The maximum absolute atomic E-state index is 12.4. The molecule has 0 aromatic heterocycles. The number of methoxy groups -OCH3 is 2. The summed E-state index contributed by atoms with van der Waals surface area (Å²) in [6.07, 6.45) is 1.86. The van der Waals surface area contributed by atoms with Crippen LogP contribution < -0.4 is 9.47 Å². The lowest BCUT2D eigenvalue weighted by Crippen LogP contribution is -2.40. The zero-order valence-corrected chi connectivity index (χ0v) is 14.5. The molecular weight excluding hydrogens is 310 g/mol. The van der Waals surface area contributed by atoms with E-state index >= 15 is 0 Å². The van der Waals surface area contributed by atoms with E-state index in [0.29, 0.717) is 19.7 Å². The van der Waals surface area contributed by atoms with Crippen molar-refractivity contribution in [3.05, 3.63) is 24.3 Å². The highest BCUT2D eigenvalue weighted by molar-refractivity contribution is 5.82.